The standard InChI is InChI=1S/C15H15FN4O/c16-12-3-1-11(2-4-12)7-15(21)20-9-13(10-20)19-14-8-17-5-6-18-14/h1-6,8,13H,7,9-10H2,(H,18,19). The van der Waals surface area contributed by atoms with Crippen LogP contribution in [-0.2, 0) is 11.2 Å². The topological polar surface area (TPSA) is 58.1 Å². The molecule has 1 aromatic carbocycles. The molecule has 6 heteroatoms. The van der Waals surface area contributed by atoms with Gasteiger partial charge in [-0.1, -0.05) is 12.1 Å². The van der Waals surface area contributed by atoms with Crippen LogP contribution in [0, 0.1) is 5.82 Å². The molecule has 5 nitrogen and oxygen atoms in total. The molecule has 0 radical (unpaired) electrons. The molecule has 1 saturated heterocycles. The number of benzene rings is 1. The second kappa shape index (κ2) is 5.87. The smallest absolute Gasteiger partial charge is 0.227 e. The third-order valence-electron chi connectivity index (χ3n) is 3.42. The number of nitrogens with zero attached hydrogens (tertiary/aromatic N) is 3. The van der Waals surface area contributed by atoms with Gasteiger partial charge in [0.15, 0.2) is 0 Å². The van der Waals surface area contributed by atoms with Crippen molar-refractivity contribution in [3.63, 3.8) is 0 Å². The van der Waals surface area contributed by atoms with E-state index in [4.69, 9.17) is 0 Å². The van der Waals surface area contributed by atoms with E-state index in [-0.39, 0.29) is 17.8 Å². The molecule has 0 aliphatic carbocycles. The summed E-state index contributed by atoms with van der Waals surface area (Å²) in [4.78, 5) is 21.9. The van der Waals surface area contributed by atoms with Gasteiger partial charge in [-0.05, 0) is 17.7 Å². The zero-order chi connectivity index (χ0) is 14.7. The van der Waals surface area contributed by atoms with E-state index < -0.39 is 0 Å². The van der Waals surface area contributed by atoms with Gasteiger partial charge in [0.05, 0.1) is 18.7 Å². The van der Waals surface area contributed by atoms with Gasteiger partial charge in [0.1, 0.15) is 11.6 Å². The number of nitrogens with one attached hydrogen (secondary N) is 1. The lowest BCUT2D eigenvalue weighted by atomic mass is 10.1. The highest BCUT2D eigenvalue weighted by atomic mass is 19.1. The van der Waals surface area contributed by atoms with Crippen LogP contribution in [0.5, 0.6) is 0 Å². The van der Waals surface area contributed by atoms with Crippen molar-refractivity contribution in [1.82, 2.24) is 14.9 Å². The first-order chi connectivity index (χ1) is 10.2. The van der Waals surface area contributed by atoms with E-state index in [1.165, 1.54) is 12.1 Å². The monoisotopic (exact) mass is 286 g/mol. The Labute approximate surface area is 121 Å². The Bertz CT molecular complexity index is 611. The lowest BCUT2D eigenvalue weighted by Crippen LogP contribution is -2.57. The molecule has 0 bridgehead atoms. The molecule has 2 heterocycles. The van der Waals surface area contributed by atoms with E-state index in [1.807, 2.05) is 0 Å². The molecule has 0 unspecified atom stereocenters. The fourth-order valence-electron chi connectivity index (χ4n) is 2.24. The summed E-state index contributed by atoms with van der Waals surface area (Å²) < 4.78 is 12.8. The lowest BCUT2D eigenvalue weighted by Gasteiger charge is -2.39. The van der Waals surface area contributed by atoms with Crippen molar-refractivity contribution in [3.05, 3.63) is 54.2 Å². The van der Waals surface area contributed by atoms with Gasteiger partial charge >= 0.3 is 0 Å². The summed E-state index contributed by atoms with van der Waals surface area (Å²) in [7, 11) is 0. The quantitative estimate of drug-likeness (QED) is 0.925. The van der Waals surface area contributed by atoms with E-state index >= 15 is 0 Å². The Morgan fingerprint density at radius 2 is 2.05 bits per heavy atom. The van der Waals surface area contributed by atoms with Crippen molar-refractivity contribution in [2.24, 2.45) is 0 Å². The molecule has 1 amide bonds. The van der Waals surface area contributed by atoms with Crippen LogP contribution in [0.4, 0.5) is 10.2 Å². The van der Waals surface area contributed by atoms with Crippen LogP contribution in [0.2, 0.25) is 0 Å². The molecule has 108 valence electrons. The molecule has 1 aliphatic heterocycles. The Kier molecular flexibility index (Phi) is 3.77. The van der Waals surface area contributed by atoms with E-state index in [0.29, 0.717) is 25.3 Å². The highest BCUT2D eigenvalue weighted by Crippen LogP contribution is 2.15. The number of amides is 1. The minimum Gasteiger partial charge on any atom is -0.362 e. The maximum atomic E-state index is 12.8. The minimum atomic E-state index is -0.289. The second-order valence-electron chi connectivity index (χ2n) is 5.03. The number of hydrogen-bond donors (Lipinski definition) is 1. The van der Waals surface area contributed by atoms with Crippen molar-refractivity contribution in [2.45, 2.75) is 12.5 Å². The zero-order valence-corrected chi connectivity index (χ0v) is 11.4. The van der Waals surface area contributed by atoms with Crippen LogP contribution in [-0.4, -0.2) is 39.9 Å². The first-order valence-electron chi connectivity index (χ1n) is 6.75. The van der Waals surface area contributed by atoms with Crippen LogP contribution in [0.1, 0.15) is 5.56 Å². The average molecular weight is 286 g/mol. The number of rotatable bonds is 4. The number of anilines is 1. The molecule has 3 rings (SSSR count). The summed E-state index contributed by atoms with van der Waals surface area (Å²) in [5.41, 5.74) is 0.826. The summed E-state index contributed by atoms with van der Waals surface area (Å²) in [5.74, 6) is 0.482. The van der Waals surface area contributed by atoms with Gasteiger partial charge < -0.3 is 10.2 Å². The Hall–Kier alpha value is -2.50. The second-order valence-corrected chi connectivity index (χ2v) is 5.03. The number of likely N-dealkylation sites (tertiary alicyclic amines) is 1. The highest BCUT2D eigenvalue weighted by molar-refractivity contribution is 5.79. The molecule has 2 aromatic rings. The predicted molar refractivity (Wildman–Crippen MR) is 76.1 cm³/mol. The molecule has 1 aromatic heterocycles. The van der Waals surface area contributed by atoms with Gasteiger partial charge in [-0.25, -0.2) is 9.37 Å². The van der Waals surface area contributed by atoms with Gasteiger partial charge in [0.2, 0.25) is 5.91 Å². The average Bonchev–Trinajstić information content (AvgIpc) is 2.46. The largest absolute Gasteiger partial charge is 0.362 e. The molecule has 1 aliphatic rings. The van der Waals surface area contributed by atoms with Gasteiger partial charge in [-0.2, -0.15) is 0 Å². The van der Waals surface area contributed by atoms with Gasteiger partial charge in [0.25, 0.3) is 0 Å². The Morgan fingerprint density at radius 1 is 1.29 bits per heavy atom. The van der Waals surface area contributed by atoms with Crippen LogP contribution in [0.3, 0.4) is 0 Å². The van der Waals surface area contributed by atoms with Crippen molar-refractivity contribution in [1.29, 1.82) is 0 Å². The minimum absolute atomic E-state index is 0.0544. The molecule has 0 saturated carbocycles. The van der Waals surface area contributed by atoms with Crippen molar-refractivity contribution >= 4 is 11.7 Å². The fraction of sp³-hybridized carbons (Fsp3) is 0.267. The lowest BCUT2D eigenvalue weighted by molar-refractivity contribution is -0.134. The number of carbonyl (C=O) groups excluding carboxylic acids is 1. The highest BCUT2D eigenvalue weighted by Gasteiger charge is 2.30. The third kappa shape index (κ3) is 3.34. The van der Waals surface area contributed by atoms with Gasteiger partial charge in [-0.15, -0.1) is 0 Å². The van der Waals surface area contributed by atoms with Crippen molar-refractivity contribution in [2.75, 3.05) is 18.4 Å². The molecule has 0 spiro atoms. The van der Waals surface area contributed by atoms with Gasteiger partial charge in [-0.3, -0.25) is 9.78 Å². The maximum Gasteiger partial charge on any atom is 0.227 e. The Balaban J connectivity index is 1.47. The summed E-state index contributed by atoms with van der Waals surface area (Å²) in [5, 5.41) is 3.22. The molecular weight excluding hydrogens is 271 g/mol. The number of aromatic nitrogens is 2. The summed E-state index contributed by atoms with van der Waals surface area (Å²) >= 11 is 0. The SMILES string of the molecule is O=C(Cc1ccc(F)cc1)N1CC(Nc2cnccn2)C1. The fourth-order valence-corrected chi connectivity index (χ4v) is 2.24. The molecule has 1 fully saturated rings. The van der Waals surface area contributed by atoms with Crippen LogP contribution >= 0.6 is 0 Å². The first kappa shape index (κ1) is 13.5. The van der Waals surface area contributed by atoms with Crippen molar-refractivity contribution < 1.29 is 9.18 Å². The molecule has 21 heavy (non-hydrogen) atoms. The number of hydrogen-bond acceptors (Lipinski definition) is 4. The number of halogens is 1. The molecule has 1 N–H and O–H groups in total. The molecular formula is C15H15FN4O. The predicted octanol–water partition coefficient (Wildman–Crippen LogP) is 1.48. The van der Waals surface area contributed by atoms with E-state index in [9.17, 15) is 9.18 Å². The summed E-state index contributed by atoms with van der Waals surface area (Å²) in [6.45, 7) is 1.30. The van der Waals surface area contributed by atoms with Crippen LogP contribution < -0.4 is 5.32 Å². The van der Waals surface area contributed by atoms with E-state index in [1.54, 1.807) is 35.6 Å². The Morgan fingerprint density at radius 3 is 2.71 bits per heavy atom. The van der Waals surface area contributed by atoms with E-state index in [2.05, 4.69) is 15.3 Å². The third-order valence-corrected chi connectivity index (χ3v) is 3.42. The van der Waals surface area contributed by atoms with Gasteiger partial charge in [0, 0.05) is 25.5 Å². The van der Waals surface area contributed by atoms with E-state index in [0.717, 1.165) is 5.56 Å². The molecule has 0 atom stereocenters. The summed E-state index contributed by atoms with van der Waals surface area (Å²) in [6, 6.07) is 6.23. The van der Waals surface area contributed by atoms with Crippen LogP contribution in [0.15, 0.2) is 42.9 Å². The zero-order valence-electron chi connectivity index (χ0n) is 11.4. The van der Waals surface area contributed by atoms with Crippen molar-refractivity contribution in [3.8, 4) is 0 Å². The van der Waals surface area contributed by atoms with Crippen LogP contribution in [0.25, 0.3) is 0 Å². The normalized spacial score (nSPS) is 14.6. The summed E-state index contributed by atoms with van der Waals surface area (Å²) in [6.07, 6.45) is 5.20. The maximum absolute atomic E-state index is 12.8. The first-order valence-corrected chi connectivity index (χ1v) is 6.75. The number of carbonyl (C=O) groups is 1.